The molecule has 0 aliphatic rings. The molecule has 25 heavy (non-hydrogen) atoms. The van der Waals surface area contributed by atoms with Gasteiger partial charge in [0.1, 0.15) is 11.6 Å². The fourth-order valence-corrected chi connectivity index (χ4v) is 2.23. The molecule has 128 valence electrons. The van der Waals surface area contributed by atoms with Gasteiger partial charge in [-0.05, 0) is 37.3 Å². The Kier molecular flexibility index (Phi) is 5.15. The van der Waals surface area contributed by atoms with E-state index in [1.165, 1.54) is 12.1 Å². The van der Waals surface area contributed by atoms with E-state index >= 15 is 0 Å². The highest BCUT2D eigenvalue weighted by Gasteiger charge is 2.09. The Bertz CT molecular complexity index is 844. The van der Waals surface area contributed by atoms with Crippen molar-refractivity contribution < 1.29 is 9.50 Å². The molecule has 1 aromatic carbocycles. The first-order chi connectivity index (χ1) is 12.1. The Labute approximate surface area is 144 Å². The topological polar surface area (TPSA) is 83.0 Å². The zero-order valence-corrected chi connectivity index (χ0v) is 13.6. The quantitative estimate of drug-likeness (QED) is 0.640. The van der Waals surface area contributed by atoms with E-state index in [9.17, 15) is 9.50 Å². The molecule has 0 amide bonds. The van der Waals surface area contributed by atoms with Crippen LogP contribution in [0.3, 0.4) is 0 Å². The van der Waals surface area contributed by atoms with Crippen LogP contribution in [-0.2, 0) is 0 Å². The normalized spacial score (nSPS) is 11.8. The van der Waals surface area contributed by atoms with E-state index in [-0.39, 0.29) is 18.5 Å². The number of pyridine rings is 1. The summed E-state index contributed by atoms with van der Waals surface area (Å²) in [4.78, 5) is 12.9. The van der Waals surface area contributed by atoms with Crippen LogP contribution in [0.4, 0.5) is 21.8 Å². The predicted molar refractivity (Wildman–Crippen MR) is 95.1 cm³/mol. The highest BCUT2D eigenvalue weighted by Crippen LogP contribution is 2.23. The second kappa shape index (κ2) is 7.67. The third-order valence-corrected chi connectivity index (χ3v) is 3.45. The van der Waals surface area contributed by atoms with Crippen LogP contribution in [0.2, 0.25) is 0 Å². The highest BCUT2D eigenvalue weighted by molar-refractivity contribution is 5.67. The number of aliphatic hydroxyl groups is 1. The van der Waals surface area contributed by atoms with Crippen LogP contribution in [0, 0.1) is 5.82 Å². The lowest BCUT2D eigenvalue weighted by Crippen LogP contribution is -2.21. The molecule has 0 saturated heterocycles. The average molecular weight is 339 g/mol. The predicted octanol–water partition coefficient (Wildman–Crippen LogP) is 3.21. The van der Waals surface area contributed by atoms with Crippen LogP contribution in [0.15, 0.2) is 54.9 Å². The van der Waals surface area contributed by atoms with Gasteiger partial charge in [0.2, 0.25) is 5.95 Å². The van der Waals surface area contributed by atoms with Crippen LogP contribution in [0.1, 0.15) is 6.92 Å². The first kappa shape index (κ1) is 16.8. The number of benzene rings is 1. The molecule has 0 aliphatic heterocycles. The lowest BCUT2D eigenvalue weighted by molar-refractivity contribution is 0.281. The Morgan fingerprint density at radius 3 is 2.64 bits per heavy atom. The largest absolute Gasteiger partial charge is 0.394 e. The number of anilines is 3. The number of rotatable bonds is 6. The molecule has 0 saturated carbocycles. The molecule has 2 heterocycles. The van der Waals surface area contributed by atoms with Crippen molar-refractivity contribution in [3.05, 3.63) is 60.7 Å². The summed E-state index contributed by atoms with van der Waals surface area (Å²) in [5.74, 6) is 0.551. The molecule has 3 N–H and O–H groups in total. The first-order valence-corrected chi connectivity index (χ1v) is 7.83. The molecule has 0 unspecified atom stereocenters. The van der Waals surface area contributed by atoms with Crippen molar-refractivity contribution in [2.45, 2.75) is 13.0 Å². The van der Waals surface area contributed by atoms with Gasteiger partial charge in [-0.2, -0.15) is 4.98 Å². The van der Waals surface area contributed by atoms with Crippen molar-refractivity contribution in [3.8, 4) is 11.3 Å². The molecule has 0 spiro atoms. The Hall–Kier alpha value is -3.06. The van der Waals surface area contributed by atoms with Gasteiger partial charge in [0.05, 0.1) is 12.3 Å². The minimum absolute atomic E-state index is 0.0461. The second-order valence-electron chi connectivity index (χ2n) is 5.56. The third kappa shape index (κ3) is 4.48. The standard InChI is InChI=1S/C18H18FN5O/c1-12(11-25)21-18-23-16(13-5-7-20-8-6-13)10-17(24-18)22-15-4-2-3-14(19)9-15/h2-10,12,25H,11H2,1H3,(H2,21,22,23,24)/t12-/m0/s1. The van der Waals surface area contributed by atoms with Crippen LogP contribution < -0.4 is 10.6 Å². The van der Waals surface area contributed by atoms with E-state index < -0.39 is 0 Å². The maximum atomic E-state index is 13.4. The van der Waals surface area contributed by atoms with Crippen molar-refractivity contribution in [1.29, 1.82) is 0 Å². The average Bonchev–Trinajstić information content (AvgIpc) is 2.62. The number of halogens is 1. The fraction of sp³-hybridized carbons (Fsp3) is 0.167. The van der Waals surface area contributed by atoms with E-state index in [0.29, 0.717) is 23.1 Å². The van der Waals surface area contributed by atoms with Gasteiger partial charge in [-0.15, -0.1) is 0 Å². The van der Waals surface area contributed by atoms with Gasteiger partial charge in [-0.3, -0.25) is 4.98 Å². The summed E-state index contributed by atoms with van der Waals surface area (Å²) >= 11 is 0. The number of aliphatic hydroxyl groups excluding tert-OH is 1. The summed E-state index contributed by atoms with van der Waals surface area (Å²) < 4.78 is 13.4. The van der Waals surface area contributed by atoms with Gasteiger partial charge in [0, 0.05) is 35.8 Å². The summed E-state index contributed by atoms with van der Waals surface area (Å²) in [7, 11) is 0. The Morgan fingerprint density at radius 2 is 1.92 bits per heavy atom. The number of aromatic nitrogens is 3. The minimum atomic E-state index is -0.333. The SMILES string of the molecule is C[C@@H](CO)Nc1nc(Nc2cccc(F)c2)cc(-c2ccncc2)n1. The van der Waals surface area contributed by atoms with Crippen LogP contribution in [0.5, 0.6) is 0 Å². The maximum absolute atomic E-state index is 13.4. The van der Waals surface area contributed by atoms with E-state index in [4.69, 9.17) is 0 Å². The zero-order chi connectivity index (χ0) is 17.6. The van der Waals surface area contributed by atoms with Gasteiger partial charge in [-0.25, -0.2) is 9.37 Å². The lowest BCUT2D eigenvalue weighted by atomic mass is 10.2. The van der Waals surface area contributed by atoms with Crippen molar-refractivity contribution in [2.75, 3.05) is 17.2 Å². The lowest BCUT2D eigenvalue weighted by Gasteiger charge is -2.14. The second-order valence-corrected chi connectivity index (χ2v) is 5.56. The molecule has 0 fully saturated rings. The zero-order valence-electron chi connectivity index (χ0n) is 13.6. The van der Waals surface area contributed by atoms with Crippen molar-refractivity contribution >= 4 is 17.5 Å². The first-order valence-electron chi connectivity index (χ1n) is 7.83. The van der Waals surface area contributed by atoms with Crippen molar-refractivity contribution in [2.24, 2.45) is 0 Å². The molecule has 3 aromatic rings. The number of hydrogen-bond donors (Lipinski definition) is 3. The Balaban J connectivity index is 1.97. The van der Waals surface area contributed by atoms with E-state index in [0.717, 1.165) is 5.56 Å². The fourth-order valence-electron chi connectivity index (χ4n) is 2.23. The van der Waals surface area contributed by atoms with Gasteiger partial charge >= 0.3 is 0 Å². The molecule has 3 rings (SSSR count). The van der Waals surface area contributed by atoms with Crippen LogP contribution in [-0.4, -0.2) is 32.7 Å². The van der Waals surface area contributed by atoms with E-state index in [1.807, 2.05) is 19.1 Å². The summed E-state index contributed by atoms with van der Waals surface area (Å²) in [5, 5.41) is 15.3. The summed E-state index contributed by atoms with van der Waals surface area (Å²) in [6.45, 7) is 1.78. The molecule has 1 atom stereocenters. The maximum Gasteiger partial charge on any atom is 0.225 e. The van der Waals surface area contributed by atoms with Crippen molar-refractivity contribution in [3.63, 3.8) is 0 Å². The van der Waals surface area contributed by atoms with Crippen LogP contribution in [0.25, 0.3) is 11.3 Å². The van der Waals surface area contributed by atoms with Crippen molar-refractivity contribution in [1.82, 2.24) is 15.0 Å². The molecular weight excluding hydrogens is 321 g/mol. The molecule has 0 radical (unpaired) electrons. The molecular formula is C18H18FN5O. The summed E-state index contributed by atoms with van der Waals surface area (Å²) in [6, 6.07) is 11.4. The number of nitrogens with one attached hydrogen (secondary N) is 2. The molecule has 0 bridgehead atoms. The monoisotopic (exact) mass is 339 g/mol. The van der Waals surface area contributed by atoms with Crippen LogP contribution >= 0.6 is 0 Å². The smallest absolute Gasteiger partial charge is 0.225 e. The minimum Gasteiger partial charge on any atom is -0.394 e. The summed E-state index contributed by atoms with van der Waals surface area (Å²) in [6.07, 6.45) is 3.36. The van der Waals surface area contributed by atoms with Gasteiger partial charge < -0.3 is 15.7 Å². The van der Waals surface area contributed by atoms with Gasteiger partial charge in [0.15, 0.2) is 0 Å². The van der Waals surface area contributed by atoms with Gasteiger partial charge in [-0.1, -0.05) is 6.07 Å². The molecule has 6 nitrogen and oxygen atoms in total. The van der Waals surface area contributed by atoms with Gasteiger partial charge in [0.25, 0.3) is 0 Å². The molecule has 0 aliphatic carbocycles. The molecule has 7 heteroatoms. The van der Waals surface area contributed by atoms with E-state index in [1.54, 1.807) is 30.6 Å². The third-order valence-electron chi connectivity index (χ3n) is 3.45. The summed E-state index contributed by atoms with van der Waals surface area (Å²) in [5.41, 5.74) is 2.14. The Morgan fingerprint density at radius 1 is 1.12 bits per heavy atom. The molecule has 2 aromatic heterocycles. The van der Waals surface area contributed by atoms with E-state index in [2.05, 4.69) is 25.6 Å². The number of nitrogens with zero attached hydrogens (tertiary/aromatic N) is 3. The number of hydrogen-bond acceptors (Lipinski definition) is 6. The highest BCUT2D eigenvalue weighted by atomic mass is 19.1.